The van der Waals surface area contributed by atoms with Gasteiger partial charge in [0.25, 0.3) is 0 Å². The lowest BCUT2D eigenvalue weighted by molar-refractivity contribution is -0.119. The first kappa shape index (κ1) is 13.7. The van der Waals surface area contributed by atoms with Crippen molar-refractivity contribution in [2.45, 2.75) is 19.3 Å². The van der Waals surface area contributed by atoms with Gasteiger partial charge in [-0.15, -0.1) is 5.10 Å². The Balaban J connectivity index is 1.88. The minimum absolute atomic E-state index is 0.251. The Morgan fingerprint density at radius 2 is 2.37 bits per heavy atom. The summed E-state index contributed by atoms with van der Waals surface area (Å²) in [5.74, 6) is 1.06. The zero-order chi connectivity index (χ0) is 13.7. The van der Waals surface area contributed by atoms with Crippen molar-refractivity contribution in [3.8, 4) is 0 Å². The maximum Gasteiger partial charge on any atom is 0.231 e. The van der Waals surface area contributed by atoms with Crippen LogP contribution in [-0.4, -0.2) is 47.7 Å². The van der Waals surface area contributed by atoms with Crippen molar-refractivity contribution in [3.63, 3.8) is 0 Å². The highest BCUT2D eigenvalue weighted by atomic mass is 16.1. The first-order valence-electron chi connectivity index (χ1n) is 6.68. The fourth-order valence-corrected chi connectivity index (χ4v) is 2.58. The van der Waals surface area contributed by atoms with Crippen molar-refractivity contribution in [1.82, 2.24) is 15.1 Å². The van der Waals surface area contributed by atoms with E-state index >= 15 is 0 Å². The number of hydrogen-bond donors (Lipinski definition) is 2. The van der Waals surface area contributed by atoms with E-state index in [-0.39, 0.29) is 5.91 Å². The van der Waals surface area contributed by atoms with E-state index in [1.54, 1.807) is 0 Å². The lowest BCUT2D eigenvalue weighted by Crippen LogP contribution is -2.41. The zero-order valence-corrected chi connectivity index (χ0v) is 11.3. The van der Waals surface area contributed by atoms with E-state index in [1.165, 1.54) is 6.42 Å². The largest absolute Gasteiger partial charge is 0.372 e. The number of piperidine rings is 1. The summed E-state index contributed by atoms with van der Waals surface area (Å²) < 4.78 is 0. The molecule has 2 rings (SSSR count). The number of nitrogens with zero attached hydrogens (tertiary/aromatic N) is 3. The van der Waals surface area contributed by atoms with Crippen molar-refractivity contribution in [2.24, 2.45) is 11.7 Å². The van der Waals surface area contributed by atoms with E-state index in [0.29, 0.717) is 12.5 Å². The first-order chi connectivity index (χ1) is 9.17. The van der Waals surface area contributed by atoms with Gasteiger partial charge in [-0.1, -0.05) is 0 Å². The van der Waals surface area contributed by atoms with Crippen LogP contribution in [0.4, 0.5) is 5.82 Å². The Hall–Kier alpha value is -1.69. The van der Waals surface area contributed by atoms with Gasteiger partial charge in [0.05, 0.1) is 12.2 Å². The van der Waals surface area contributed by atoms with Gasteiger partial charge in [-0.3, -0.25) is 9.69 Å². The number of primary amides is 1. The average Bonchev–Trinajstić information content (AvgIpc) is 2.39. The van der Waals surface area contributed by atoms with Crippen LogP contribution in [0.2, 0.25) is 0 Å². The van der Waals surface area contributed by atoms with Gasteiger partial charge >= 0.3 is 0 Å². The molecule has 0 aromatic carbocycles. The monoisotopic (exact) mass is 263 g/mol. The number of nitrogens with one attached hydrogen (secondary N) is 1. The Morgan fingerprint density at radius 1 is 1.53 bits per heavy atom. The fraction of sp³-hybridized carbons (Fsp3) is 0.615. The van der Waals surface area contributed by atoms with Crippen LogP contribution in [0.1, 0.15) is 18.5 Å². The Kier molecular flexibility index (Phi) is 4.68. The third-order valence-corrected chi connectivity index (χ3v) is 3.46. The molecule has 6 heteroatoms. The van der Waals surface area contributed by atoms with Gasteiger partial charge in [0, 0.05) is 13.6 Å². The molecule has 1 saturated heterocycles. The molecule has 3 N–H and O–H groups in total. The van der Waals surface area contributed by atoms with Crippen LogP contribution < -0.4 is 11.1 Å². The number of carbonyl (C=O) groups excluding carboxylic acids is 1. The zero-order valence-electron chi connectivity index (χ0n) is 11.3. The van der Waals surface area contributed by atoms with Crippen LogP contribution in [0.25, 0.3) is 0 Å². The Morgan fingerprint density at radius 3 is 3.00 bits per heavy atom. The maximum atomic E-state index is 11.0. The highest BCUT2D eigenvalue weighted by molar-refractivity contribution is 5.75. The van der Waals surface area contributed by atoms with Crippen molar-refractivity contribution in [1.29, 1.82) is 0 Å². The number of anilines is 1. The molecule has 1 unspecified atom stereocenters. The molecule has 1 aromatic rings. The van der Waals surface area contributed by atoms with Crippen molar-refractivity contribution >= 4 is 11.7 Å². The van der Waals surface area contributed by atoms with E-state index < -0.39 is 0 Å². The standard InChI is InChI=1S/C13H21N5O/c1-15-13-5-4-11(16-17-13)7-10-3-2-6-18(8-10)9-12(14)19/h4-5,10H,2-3,6-9H2,1H3,(H2,14,19)(H,15,17). The van der Waals surface area contributed by atoms with Gasteiger partial charge in [0.1, 0.15) is 5.82 Å². The molecule has 1 aliphatic heterocycles. The second kappa shape index (κ2) is 6.47. The van der Waals surface area contributed by atoms with Crippen LogP contribution in [0.3, 0.4) is 0 Å². The molecular weight excluding hydrogens is 242 g/mol. The van der Waals surface area contributed by atoms with Crippen molar-refractivity contribution in [3.05, 3.63) is 17.8 Å². The van der Waals surface area contributed by atoms with Crippen molar-refractivity contribution in [2.75, 3.05) is 32.0 Å². The molecule has 0 saturated carbocycles. The SMILES string of the molecule is CNc1ccc(CC2CCCN(CC(N)=O)C2)nn1. The van der Waals surface area contributed by atoms with Gasteiger partial charge in [0.15, 0.2) is 0 Å². The molecule has 19 heavy (non-hydrogen) atoms. The van der Waals surface area contributed by atoms with E-state index in [2.05, 4.69) is 20.4 Å². The van der Waals surface area contributed by atoms with Gasteiger partial charge in [-0.05, 0) is 43.9 Å². The number of aromatic nitrogens is 2. The van der Waals surface area contributed by atoms with Crippen LogP contribution in [0, 0.1) is 5.92 Å². The quantitative estimate of drug-likeness (QED) is 0.796. The highest BCUT2D eigenvalue weighted by Gasteiger charge is 2.21. The molecule has 2 heterocycles. The minimum atomic E-state index is -0.251. The normalized spacial score (nSPS) is 20.2. The summed E-state index contributed by atoms with van der Waals surface area (Å²) in [6.45, 7) is 2.24. The Labute approximate surface area is 113 Å². The molecule has 104 valence electrons. The molecule has 0 radical (unpaired) electrons. The summed E-state index contributed by atoms with van der Waals surface area (Å²) >= 11 is 0. The topological polar surface area (TPSA) is 84.1 Å². The van der Waals surface area contributed by atoms with Gasteiger partial charge in [-0.25, -0.2) is 0 Å². The molecule has 6 nitrogen and oxygen atoms in total. The summed E-state index contributed by atoms with van der Waals surface area (Å²) in [6, 6.07) is 3.94. The third-order valence-electron chi connectivity index (χ3n) is 3.46. The summed E-state index contributed by atoms with van der Waals surface area (Å²) in [6.07, 6.45) is 3.19. The maximum absolute atomic E-state index is 11.0. The van der Waals surface area contributed by atoms with Crippen LogP contribution in [-0.2, 0) is 11.2 Å². The van der Waals surface area contributed by atoms with Gasteiger partial charge in [0.2, 0.25) is 5.91 Å². The summed E-state index contributed by atoms with van der Waals surface area (Å²) in [5.41, 5.74) is 6.25. The second-order valence-electron chi connectivity index (χ2n) is 5.07. The molecule has 0 bridgehead atoms. The highest BCUT2D eigenvalue weighted by Crippen LogP contribution is 2.19. The molecular formula is C13H21N5O. The fourth-order valence-electron chi connectivity index (χ4n) is 2.58. The number of rotatable bonds is 5. The number of likely N-dealkylation sites (tertiary alicyclic amines) is 1. The third kappa shape index (κ3) is 4.17. The molecule has 1 aliphatic rings. The van der Waals surface area contributed by atoms with Crippen LogP contribution >= 0.6 is 0 Å². The first-order valence-corrected chi connectivity index (χ1v) is 6.68. The molecule has 1 atom stereocenters. The van der Waals surface area contributed by atoms with Gasteiger partial charge < -0.3 is 11.1 Å². The van der Waals surface area contributed by atoms with Crippen LogP contribution in [0.15, 0.2) is 12.1 Å². The van der Waals surface area contributed by atoms with E-state index in [4.69, 9.17) is 5.73 Å². The van der Waals surface area contributed by atoms with E-state index in [9.17, 15) is 4.79 Å². The number of hydrogen-bond acceptors (Lipinski definition) is 5. The molecule has 0 spiro atoms. The lowest BCUT2D eigenvalue weighted by Gasteiger charge is -2.31. The predicted molar refractivity (Wildman–Crippen MR) is 73.6 cm³/mol. The summed E-state index contributed by atoms with van der Waals surface area (Å²) in [5, 5.41) is 11.2. The molecule has 1 aromatic heterocycles. The minimum Gasteiger partial charge on any atom is -0.372 e. The van der Waals surface area contributed by atoms with Crippen LogP contribution in [0.5, 0.6) is 0 Å². The smallest absolute Gasteiger partial charge is 0.231 e. The predicted octanol–water partition coefficient (Wildman–Crippen LogP) is 0.258. The number of amides is 1. The number of carbonyl (C=O) groups is 1. The summed E-state index contributed by atoms with van der Waals surface area (Å²) in [7, 11) is 1.83. The van der Waals surface area contributed by atoms with E-state index in [1.807, 2.05) is 19.2 Å². The molecule has 0 aliphatic carbocycles. The summed E-state index contributed by atoms with van der Waals surface area (Å²) in [4.78, 5) is 13.1. The lowest BCUT2D eigenvalue weighted by atomic mass is 9.93. The second-order valence-corrected chi connectivity index (χ2v) is 5.07. The molecule has 1 amide bonds. The number of nitrogens with two attached hydrogens (primary N) is 1. The van der Waals surface area contributed by atoms with Crippen molar-refractivity contribution < 1.29 is 4.79 Å². The molecule has 1 fully saturated rings. The van der Waals surface area contributed by atoms with E-state index in [0.717, 1.165) is 37.4 Å². The van der Waals surface area contributed by atoms with Gasteiger partial charge in [-0.2, -0.15) is 5.10 Å². The Bertz CT molecular complexity index is 420. The average molecular weight is 263 g/mol.